The highest BCUT2D eigenvalue weighted by molar-refractivity contribution is 5.86. The molecule has 0 aromatic rings. The second kappa shape index (κ2) is 7.09. The number of ether oxygens (including phenoxy) is 1. The van der Waals surface area contributed by atoms with Gasteiger partial charge < -0.3 is 9.64 Å². The number of Topliss-reactive ketones (excluding diaryl/α,β-unsaturated/α-hetero) is 1. The standard InChI is InChI=1S/C16H29NO3/c1-6-17(15(19)20-16(3,4)5)11-14(18)13-9-7-12(2)8-10-13/h12-13H,6-11H2,1-5H3/t12-,13-. The highest BCUT2D eigenvalue weighted by Gasteiger charge is 2.28. The van der Waals surface area contributed by atoms with Crippen molar-refractivity contribution in [2.24, 2.45) is 11.8 Å². The molecule has 0 aromatic carbocycles. The molecule has 1 saturated carbocycles. The Morgan fingerprint density at radius 2 is 1.70 bits per heavy atom. The first-order valence-corrected chi connectivity index (χ1v) is 7.73. The van der Waals surface area contributed by atoms with Crippen LogP contribution in [0.2, 0.25) is 0 Å². The van der Waals surface area contributed by atoms with E-state index in [0.717, 1.165) is 31.6 Å². The molecular formula is C16H29NO3. The Morgan fingerprint density at radius 1 is 1.15 bits per heavy atom. The van der Waals surface area contributed by atoms with Crippen molar-refractivity contribution in [2.45, 2.75) is 65.9 Å². The minimum atomic E-state index is -0.520. The van der Waals surface area contributed by atoms with Gasteiger partial charge in [-0.25, -0.2) is 4.79 Å². The molecule has 0 spiro atoms. The van der Waals surface area contributed by atoms with Crippen molar-refractivity contribution < 1.29 is 14.3 Å². The van der Waals surface area contributed by atoms with Crippen LogP contribution < -0.4 is 0 Å². The van der Waals surface area contributed by atoms with Crippen LogP contribution in [0.4, 0.5) is 4.79 Å². The van der Waals surface area contributed by atoms with E-state index < -0.39 is 11.7 Å². The molecular weight excluding hydrogens is 254 g/mol. The van der Waals surface area contributed by atoms with Gasteiger partial charge in [0.15, 0.2) is 5.78 Å². The van der Waals surface area contributed by atoms with E-state index in [1.165, 1.54) is 4.90 Å². The van der Waals surface area contributed by atoms with Gasteiger partial charge >= 0.3 is 6.09 Å². The molecule has 0 N–H and O–H groups in total. The van der Waals surface area contributed by atoms with Gasteiger partial charge in [0, 0.05) is 12.5 Å². The van der Waals surface area contributed by atoms with E-state index in [1.807, 2.05) is 27.7 Å². The fraction of sp³-hybridized carbons (Fsp3) is 0.875. The zero-order valence-electron chi connectivity index (χ0n) is 13.6. The summed E-state index contributed by atoms with van der Waals surface area (Å²) < 4.78 is 5.33. The zero-order chi connectivity index (χ0) is 15.3. The minimum absolute atomic E-state index is 0.127. The quantitative estimate of drug-likeness (QED) is 0.791. The summed E-state index contributed by atoms with van der Waals surface area (Å²) in [6, 6.07) is 0. The number of rotatable bonds is 4. The molecule has 1 aliphatic carbocycles. The van der Waals surface area contributed by atoms with Crippen molar-refractivity contribution in [1.82, 2.24) is 4.90 Å². The van der Waals surface area contributed by atoms with Gasteiger partial charge in [-0.05, 0) is 46.5 Å². The van der Waals surface area contributed by atoms with E-state index in [4.69, 9.17) is 4.74 Å². The van der Waals surface area contributed by atoms with Gasteiger partial charge in [-0.3, -0.25) is 4.79 Å². The summed E-state index contributed by atoms with van der Waals surface area (Å²) in [4.78, 5) is 25.8. The fourth-order valence-electron chi connectivity index (χ4n) is 2.53. The van der Waals surface area contributed by atoms with Gasteiger partial charge in [0.2, 0.25) is 0 Å². The average molecular weight is 283 g/mol. The van der Waals surface area contributed by atoms with Gasteiger partial charge in [-0.1, -0.05) is 19.8 Å². The Hall–Kier alpha value is -1.06. The number of nitrogens with zero attached hydrogens (tertiary/aromatic N) is 1. The summed E-state index contributed by atoms with van der Waals surface area (Å²) in [7, 11) is 0. The predicted octanol–water partition coefficient (Wildman–Crippen LogP) is 3.64. The van der Waals surface area contributed by atoms with Crippen molar-refractivity contribution in [1.29, 1.82) is 0 Å². The maximum Gasteiger partial charge on any atom is 0.410 e. The van der Waals surface area contributed by atoms with E-state index in [2.05, 4.69) is 6.92 Å². The maximum atomic E-state index is 12.3. The minimum Gasteiger partial charge on any atom is -0.444 e. The van der Waals surface area contributed by atoms with E-state index >= 15 is 0 Å². The maximum absolute atomic E-state index is 12.3. The molecule has 0 radical (unpaired) electrons. The summed E-state index contributed by atoms with van der Waals surface area (Å²) >= 11 is 0. The van der Waals surface area contributed by atoms with Crippen LogP contribution in [-0.4, -0.2) is 35.5 Å². The molecule has 1 amide bonds. The van der Waals surface area contributed by atoms with Crippen LogP contribution in [0.5, 0.6) is 0 Å². The number of hydrogen-bond acceptors (Lipinski definition) is 3. The molecule has 0 unspecified atom stereocenters. The van der Waals surface area contributed by atoms with E-state index in [9.17, 15) is 9.59 Å². The van der Waals surface area contributed by atoms with Gasteiger partial charge in [0.1, 0.15) is 5.60 Å². The lowest BCUT2D eigenvalue weighted by atomic mass is 9.81. The topological polar surface area (TPSA) is 46.6 Å². The molecule has 0 aliphatic heterocycles. The molecule has 20 heavy (non-hydrogen) atoms. The highest BCUT2D eigenvalue weighted by atomic mass is 16.6. The van der Waals surface area contributed by atoms with Gasteiger partial charge in [-0.2, -0.15) is 0 Å². The summed E-state index contributed by atoms with van der Waals surface area (Å²) in [5.41, 5.74) is -0.520. The number of carbonyl (C=O) groups excluding carboxylic acids is 2. The first-order chi connectivity index (χ1) is 9.23. The van der Waals surface area contributed by atoms with E-state index in [1.54, 1.807) is 0 Å². The third kappa shape index (κ3) is 5.51. The predicted molar refractivity (Wildman–Crippen MR) is 79.6 cm³/mol. The van der Waals surface area contributed by atoms with Crippen LogP contribution >= 0.6 is 0 Å². The van der Waals surface area contributed by atoms with Crippen molar-refractivity contribution in [3.8, 4) is 0 Å². The van der Waals surface area contributed by atoms with Gasteiger partial charge in [0.05, 0.1) is 6.54 Å². The molecule has 1 aliphatic rings. The van der Waals surface area contributed by atoms with Gasteiger partial charge in [0.25, 0.3) is 0 Å². The first-order valence-electron chi connectivity index (χ1n) is 7.73. The van der Waals surface area contributed by atoms with E-state index in [-0.39, 0.29) is 18.2 Å². The van der Waals surface area contributed by atoms with Crippen LogP contribution in [0.3, 0.4) is 0 Å². The second-order valence-corrected chi connectivity index (χ2v) is 6.92. The smallest absolute Gasteiger partial charge is 0.410 e. The van der Waals surface area contributed by atoms with Crippen LogP contribution in [0.15, 0.2) is 0 Å². The average Bonchev–Trinajstić information content (AvgIpc) is 2.34. The van der Waals surface area contributed by atoms with Crippen LogP contribution in [0.1, 0.15) is 60.3 Å². The third-order valence-electron chi connectivity index (χ3n) is 3.85. The molecule has 0 saturated heterocycles. The zero-order valence-corrected chi connectivity index (χ0v) is 13.6. The molecule has 0 heterocycles. The normalized spacial score (nSPS) is 23.2. The number of carbonyl (C=O) groups is 2. The summed E-state index contributed by atoms with van der Waals surface area (Å²) in [5, 5.41) is 0. The Balaban J connectivity index is 2.51. The molecule has 0 atom stereocenters. The van der Waals surface area contributed by atoms with Crippen molar-refractivity contribution >= 4 is 11.9 Å². The first kappa shape index (κ1) is 17.0. The fourth-order valence-corrected chi connectivity index (χ4v) is 2.53. The molecule has 1 rings (SSSR count). The van der Waals surface area contributed by atoms with Crippen molar-refractivity contribution in [2.75, 3.05) is 13.1 Å². The number of ketones is 1. The molecule has 116 valence electrons. The lowest BCUT2D eigenvalue weighted by Crippen LogP contribution is -2.41. The van der Waals surface area contributed by atoms with Gasteiger partial charge in [-0.15, -0.1) is 0 Å². The Bertz CT molecular complexity index is 338. The molecule has 4 nitrogen and oxygen atoms in total. The monoisotopic (exact) mass is 283 g/mol. The number of amides is 1. The Labute approximate surface area is 122 Å². The lowest BCUT2D eigenvalue weighted by molar-refractivity contribution is -0.125. The van der Waals surface area contributed by atoms with E-state index in [0.29, 0.717) is 6.54 Å². The second-order valence-electron chi connectivity index (χ2n) is 6.92. The lowest BCUT2D eigenvalue weighted by Gasteiger charge is -2.29. The highest BCUT2D eigenvalue weighted by Crippen LogP contribution is 2.29. The van der Waals surface area contributed by atoms with Crippen LogP contribution in [0, 0.1) is 11.8 Å². The molecule has 0 bridgehead atoms. The molecule has 1 fully saturated rings. The Morgan fingerprint density at radius 3 is 2.15 bits per heavy atom. The summed E-state index contributed by atoms with van der Waals surface area (Å²) in [6.07, 6.45) is 3.78. The van der Waals surface area contributed by atoms with Crippen molar-refractivity contribution in [3.63, 3.8) is 0 Å². The number of likely N-dealkylation sites (N-methyl/N-ethyl adjacent to an activating group) is 1. The van der Waals surface area contributed by atoms with Crippen molar-refractivity contribution in [3.05, 3.63) is 0 Å². The summed E-state index contributed by atoms with van der Waals surface area (Å²) in [6.45, 7) is 10.3. The largest absolute Gasteiger partial charge is 0.444 e. The molecule has 0 aromatic heterocycles. The Kier molecular flexibility index (Phi) is 6.03. The molecule has 4 heteroatoms. The van der Waals surface area contributed by atoms with Crippen LogP contribution in [0.25, 0.3) is 0 Å². The van der Waals surface area contributed by atoms with Crippen LogP contribution in [-0.2, 0) is 9.53 Å². The SMILES string of the molecule is CCN(CC(=O)[C@H]1CC[C@H](C)CC1)C(=O)OC(C)(C)C. The summed E-state index contributed by atoms with van der Waals surface area (Å²) in [5.74, 6) is 1.04. The number of hydrogen-bond donors (Lipinski definition) is 0. The third-order valence-corrected chi connectivity index (χ3v) is 3.85.